The molecule has 382 valence electrons. The summed E-state index contributed by atoms with van der Waals surface area (Å²) in [7, 11) is 1.34. The lowest BCUT2D eigenvalue weighted by Gasteiger charge is -2.22. The molecule has 0 amide bonds. The molecular formula is C54H100O11. The second-order valence-electron chi connectivity index (χ2n) is 17.9. The van der Waals surface area contributed by atoms with Gasteiger partial charge in [-0.25, -0.2) is 4.79 Å². The van der Waals surface area contributed by atoms with E-state index in [1.165, 1.54) is 129 Å². The third kappa shape index (κ3) is 51.1. The van der Waals surface area contributed by atoms with Crippen LogP contribution in [0.25, 0.3) is 0 Å². The van der Waals surface area contributed by atoms with Crippen molar-refractivity contribution < 1.29 is 54.8 Å². The summed E-state index contributed by atoms with van der Waals surface area (Å²) in [4.78, 5) is 10.7. The summed E-state index contributed by atoms with van der Waals surface area (Å²) in [5.74, 6) is -0.220. The highest BCUT2D eigenvalue weighted by atomic mass is 16.6. The minimum atomic E-state index is -1.09. The number of ether oxygens (including phenoxy) is 3. The molecule has 0 saturated carbocycles. The van der Waals surface area contributed by atoms with E-state index in [0.717, 1.165) is 25.7 Å². The fourth-order valence-corrected chi connectivity index (χ4v) is 7.07. The van der Waals surface area contributed by atoms with Crippen molar-refractivity contribution in [3.05, 3.63) is 60.8 Å². The fraction of sp³-hybridized carbons (Fsp3) is 0.796. The number of methoxy groups -OCH3 is 1. The first-order valence-corrected chi connectivity index (χ1v) is 25.7. The number of hydrogen-bond donors (Lipinski definition) is 7. The van der Waals surface area contributed by atoms with Gasteiger partial charge in [0.1, 0.15) is 0 Å². The number of carbonyl (C=O) groups is 1. The van der Waals surface area contributed by atoms with Gasteiger partial charge in [0, 0.05) is 32.1 Å². The van der Waals surface area contributed by atoms with Crippen LogP contribution in [0, 0.1) is 5.92 Å². The van der Waals surface area contributed by atoms with Crippen molar-refractivity contribution in [2.75, 3.05) is 26.9 Å². The SMILES string of the molecule is CCCCCCCCCCCCCOCC(O)CC(O)CC(O)CC(O)CC(O)CC(O)OCCCCCCCCCCCCC.COC(=O)/C=C/C=C/C=C/C=C/C=C/C(C)C(C)O. The standard InChI is InChI=1S/C38H78O8.C16H22O3/c1-3-5-7-9-11-13-15-17-19-21-23-25-45-32-37(43)30-35(41)28-33(39)27-34(40)29-36(42)31-38(44)46-26-24-22-20-18-16-14-12-10-8-6-4-2;1-14(15(2)17)12-10-8-6-4-5-7-9-11-13-16(18)19-3/h33-44H,3-32H2,1-2H3;4-15,17H,1-3H3/b;5-4+,8-6+,9-7+,12-10+,13-11+. The van der Waals surface area contributed by atoms with Crippen LogP contribution < -0.4 is 0 Å². The molecule has 0 aromatic heterocycles. The van der Waals surface area contributed by atoms with Gasteiger partial charge in [-0.3, -0.25) is 0 Å². The largest absolute Gasteiger partial charge is 0.466 e. The normalized spacial score (nSPS) is 16.0. The van der Waals surface area contributed by atoms with Crippen molar-refractivity contribution in [3.63, 3.8) is 0 Å². The number of hydrogen-bond acceptors (Lipinski definition) is 11. The van der Waals surface area contributed by atoms with Crippen LogP contribution in [-0.2, 0) is 19.0 Å². The van der Waals surface area contributed by atoms with Gasteiger partial charge in [0.25, 0.3) is 0 Å². The predicted octanol–water partition coefficient (Wildman–Crippen LogP) is 10.7. The summed E-state index contributed by atoms with van der Waals surface area (Å²) >= 11 is 0. The highest BCUT2D eigenvalue weighted by Crippen LogP contribution is 2.17. The van der Waals surface area contributed by atoms with E-state index in [1.54, 1.807) is 19.1 Å². The van der Waals surface area contributed by atoms with Gasteiger partial charge < -0.3 is 50.0 Å². The second kappa shape index (κ2) is 49.7. The van der Waals surface area contributed by atoms with Crippen LogP contribution >= 0.6 is 0 Å². The maximum Gasteiger partial charge on any atom is 0.330 e. The van der Waals surface area contributed by atoms with Crippen molar-refractivity contribution in [2.24, 2.45) is 5.92 Å². The molecule has 8 unspecified atom stereocenters. The molecule has 7 N–H and O–H groups in total. The number of allylic oxidation sites excluding steroid dienone is 8. The zero-order valence-corrected chi connectivity index (χ0v) is 41.9. The number of aliphatic hydroxyl groups excluding tert-OH is 7. The molecule has 0 rings (SSSR count). The number of esters is 1. The van der Waals surface area contributed by atoms with E-state index in [0.29, 0.717) is 13.2 Å². The quantitative estimate of drug-likeness (QED) is 0.0101. The summed E-state index contributed by atoms with van der Waals surface area (Å²) in [5.41, 5.74) is 0. The monoisotopic (exact) mass is 925 g/mol. The van der Waals surface area contributed by atoms with Gasteiger partial charge in [-0.1, -0.05) is 204 Å². The molecule has 11 nitrogen and oxygen atoms in total. The summed E-state index contributed by atoms with van der Waals surface area (Å²) in [6.07, 6.45) is 39.6. The Labute approximate surface area is 397 Å². The van der Waals surface area contributed by atoms with Crippen molar-refractivity contribution >= 4 is 5.97 Å². The molecule has 0 aliphatic rings. The van der Waals surface area contributed by atoms with Crippen LogP contribution in [-0.4, -0.2) is 112 Å². The summed E-state index contributed by atoms with van der Waals surface area (Å²) in [6, 6.07) is 0. The predicted molar refractivity (Wildman–Crippen MR) is 267 cm³/mol. The Morgan fingerprint density at radius 3 is 1.22 bits per heavy atom. The van der Waals surface area contributed by atoms with Gasteiger partial charge >= 0.3 is 5.97 Å². The molecule has 0 radical (unpaired) electrons. The third-order valence-corrected chi connectivity index (χ3v) is 11.3. The van der Waals surface area contributed by atoms with Gasteiger partial charge in [-0.2, -0.15) is 0 Å². The van der Waals surface area contributed by atoms with E-state index >= 15 is 0 Å². The molecule has 65 heavy (non-hydrogen) atoms. The zero-order valence-electron chi connectivity index (χ0n) is 41.9. The van der Waals surface area contributed by atoms with Crippen LogP contribution in [0.5, 0.6) is 0 Å². The van der Waals surface area contributed by atoms with Crippen LogP contribution in [0.2, 0.25) is 0 Å². The number of unbranched alkanes of at least 4 members (excludes halogenated alkanes) is 20. The molecule has 0 aliphatic heterocycles. The van der Waals surface area contributed by atoms with E-state index in [1.807, 2.05) is 49.5 Å². The maximum absolute atomic E-state index is 10.7. The van der Waals surface area contributed by atoms with E-state index < -0.39 is 36.8 Å². The minimum absolute atomic E-state index is 0.000796. The smallest absolute Gasteiger partial charge is 0.330 e. The summed E-state index contributed by atoms with van der Waals surface area (Å²) in [5, 5.41) is 70.6. The van der Waals surface area contributed by atoms with Crippen LogP contribution in [0.3, 0.4) is 0 Å². The van der Waals surface area contributed by atoms with Crippen molar-refractivity contribution in [3.8, 4) is 0 Å². The molecule has 11 heteroatoms. The molecule has 8 atom stereocenters. The molecular weight excluding hydrogens is 825 g/mol. The lowest BCUT2D eigenvalue weighted by molar-refractivity contribution is -0.134. The van der Waals surface area contributed by atoms with E-state index in [-0.39, 0.29) is 56.7 Å². The Kier molecular flexibility index (Phi) is 49.6. The lowest BCUT2D eigenvalue weighted by Crippen LogP contribution is -2.30. The number of carbonyl (C=O) groups excluding carboxylic acids is 1. The highest BCUT2D eigenvalue weighted by molar-refractivity contribution is 5.82. The molecule has 0 aromatic carbocycles. The molecule has 0 heterocycles. The van der Waals surface area contributed by atoms with Gasteiger partial charge in [-0.05, 0) is 44.9 Å². The molecule has 0 aromatic rings. The summed E-state index contributed by atoms with van der Waals surface area (Å²) < 4.78 is 15.4. The first-order chi connectivity index (χ1) is 31.4. The van der Waals surface area contributed by atoms with Gasteiger partial charge in [-0.15, -0.1) is 0 Å². The van der Waals surface area contributed by atoms with E-state index in [4.69, 9.17) is 9.47 Å². The molecule has 0 spiro atoms. The molecule has 0 saturated heterocycles. The average Bonchev–Trinajstić information content (AvgIpc) is 3.25. The van der Waals surface area contributed by atoms with Gasteiger partial charge in [0.2, 0.25) is 0 Å². The molecule has 0 fully saturated rings. The zero-order chi connectivity index (χ0) is 48.6. The second-order valence-corrected chi connectivity index (χ2v) is 17.9. The fourth-order valence-electron chi connectivity index (χ4n) is 7.07. The third-order valence-electron chi connectivity index (χ3n) is 11.3. The number of rotatable bonds is 44. The maximum atomic E-state index is 10.7. The average molecular weight is 925 g/mol. The Balaban J connectivity index is 0. The first-order valence-electron chi connectivity index (χ1n) is 25.7. The van der Waals surface area contributed by atoms with E-state index in [9.17, 15) is 40.5 Å². The van der Waals surface area contributed by atoms with Gasteiger partial charge in [0.15, 0.2) is 6.29 Å². The summed E-state index contributed by atoms with van der Waals surface area (Å²) in [6.45, 7) is 9.41. The minimum Gasteiger partial charge on any atom is -0.466 e. The van der Waals surface area contributed by atoms with Crippen molar-refractivity contribution in [2.45, 2.75) is 244 Å². The topological polar surface area (TPSA) is 186 Å². The van der Waals surface area contributed by atoms with E-state index in [2.05, 4.69) is 18.6 Å². The highest BCUT2D eigenvalue weighted by Gasteiger charge is 2.22. The van der Waals surface area contributed by atoms with Gasteiger partial charge in [0.05, 0.1) is 50.3 Å². The van der Waals surface area contributed by atoms with Crippen LogP contribution in [0.15, 0.2) is 60.8 Å². The Bertz CT molecular complexity index is 1150. The molecule has 0 aliphatic carbocycles. The van der Waals surface area contributed by atoms with Crippen molar-refractivity contribution in [1.29, 1.82) is 0 Å². The molecule has 0 bridgehead atoms. The van der Waals surface area contributed by atoms with Crippen molar-refractivity contribution in [1.82, 2.24) is 0 Å². The van der Waals surface area contributed by atoms with Crippen LogP contribution in [0.4, 0.5) is 0 Å². The number of aliphatic hydroxyl groups is 7. The Hall–Kier alpha value is -2.19. The Morgan fingerprint density at radius 2 is 0.800 bits per heavy atom. The Morgan fingerprint density at radius 1 is 0.446 bits per heavy atom. The van der Waals surface area contributed by atoms with Crippen LogP contribution in [0.1, 0.15) is 201 Å². The first kappa shape index (κ1) is 64.9. The lowest BCUT2D eigenvalue weighted by atomic mass is 9.98.